The number of barbiturate groups is 1. The molecule has 10 nitrogen and oxygen atoms in total. The minimum Gasteiger partial charge on any atom is -0.490 e. The summed E-state index contributed by atoms with van der Waals surface area (Å²) in [5.41, 5.74) is 2.44. The van der Waals surface area contributed by atoms with Crippen LogP contribution in [0.15, 0.2) is 72.8 Å². The molecule has 0 spiro atoms. The van der Waals surface area contributed by atoms with Crippen LogP contribution in [-0.4, -0.2) is 29.4 Å². The van der Waals surface area contributed by atoms with Crippen molar-refractivity contribution in [1.29, 1.82) is 0 Å². The molecule has 41 heavy (non-hydrogen) atoms. The normalized spacial score (nSPS) is 14.2. The van der Waals surface area contributed by atoms with E-state index < -0.39 is 22.8 Å². The molecule has 1 N–H and O–H groups in total. The van der Waals surface area contributed by atoms with E-state index in [-0.39, 0.29) is 23.6 Å². The Morgan fingerprint density at radius 3 is 2.46 bits per heavy atom. The third kappa shape index (κ3) is 6.44. The number of nitrogens with zero attached hydrogens (tertiary/aromatic N) is 2. The lowest BCUT2D eigenvalue weighted by molar-refractivity contribution is -0.384. The molecule has 0 bridgehead atoms. The maximum absolute atomic E-state index is 13.4. The summed E-state index contributed by atoms with van der Waals surface area (Å²) in [5.74, 6) is -0.843. The average Bonchev–Trinajstić information content (AvgIpc) is 2.93. The molecular weight excluding hydrogens is 550 g/mol. The Hall–Kier alpha value is -4.96. The highest BCUT2D eigenvalue weighted by molar-refractivity contribution is 6.39. The van der Waals surface area contributed by atoms with Crippen molar-refractivity contribution < 1.29 is 28.8 Å². The van der Waals surface area contributed by atoms with Gasteiger partial charge in [-0.05, 0) is 79.4 Å². The van der Waals surface area contributed by atoms with Gasteiger partial charge in [-0.25, -0.2) is 9.69 Å². The van der Waals surface area contributed by atoms with Gasteiger partial charge < -0.3 is 9.47 Å². The highest BCUT2D eigenvalue weighted by Gasteiger charge is 2.37. The summed E-state index contributed by atoms with van der Waals surface area (Å²) in [4.78, 5) is 50.2. The van der Waals surface area contributed by atoms with Gasteiger partial charge in [0.1, 0.15) is 12.2 Å². The number of amides is 4. The summed E-state index contributed by atoms with van der Waals surface area (Å²) in [6.45, 7) is 7.74. The molecule has 11 heteroatoms. The molecule has 0 radical (unpaired) electrons. The van der Waals surface area contributed by atoms with Crippen molar-refractivity contribution in [1.82, 2.24) is 5.32 Å². The second kappa shape index (κ2) is 12.5. The van der Waals surface area contributed by atoms with E-state index in [0.717, 1.165) is 4.90 Å². The van der Waals surface area contributed by atoms with Crippen LogP contribution >= 0.6 is 11.6 Å². The Kier molecular flexibility index (Phi) is 8.84. The number of nitrogens with one attached hydrogen (secondary N) is 1. The van der Waals surface area contributed by atoms with Gasteiger partial charge in [0, 0.05) is 22.7 Å². The molecule has 0 aliphatic carbocycles. The van der Waals surface area contributed by atoms with E-state index in [1.54, 1.807) is 56.3 Å². The van der Waals surface area contributed by atoms with Crippen molar-refractivity contribution in [2.75, 3.05) is 11.5 Å². The lowest BCUT2D eigenvalue weighted by Gasteiger charge is -2.27. The molecular formula is C30H26ClN3O7. The number of anilines is 1. The van der Waals surface area contributed by atoms with Crippen molar-refractivity contribution in [3.8, 4) is 11.5 Å². The maximum atomic E-state index is 13.4. The third-order valence-corrected chi connectivity index (χ3v) is 6.41. The van der Waals surface area contributed by atoms with Gasteiger partial charge >= 0.3 is 6.03 Å². The number of hydrogen-bond donors (Lipinski definition) is 1. The number of halogens is 1. The number of non-ortho nitro benzene ring substituents is 1. The Morgan fingerprint density at radius 1 is 1.07 bits per heavy atom. The van der Waals surface area contributed by atoms with E-state index in [4.69, 9.17) is 21.1 Å². The maximum Gasteiger partial charge on any atom is 0.335 e. The molecule has 1 aliphatic heterocycles. The first-order valence-corrected chi connectivity index (χ1v) is 12.9. The van der Waals surface area contributed by atoms with E-state index in [1.165, 1.54) is 24.3 Å². The number of imide groups is 2. The van der Waals surface area contributed by atoms with Crippen LogP contribution in [0.2, 0.25) is 5.02 Å². The summed E-state index contributed by atoms with van der Waals surface area (Å²) in [7, 11) is 0. The molecule has 3 aromatic rings. The zero-order valence-corrected chi connectivity index (χ0v) is 23.1. The van der Waals surface area contributed by atoms with Crippen molar-refractivity contribution >= 4 is 46.9 Å². The van der Waals surface area contributed by atoms with Gasteiger partial charge in [-0.3, -0.25) is 25.0 Å². The van der Waals surface area contributed by atoms with Crippen LogP contribution in [0, 0.1) is 17.0 Å². The van der Waals surface area contributed by atoms with Crippen molar-refractivity contribution in [2.24, 2.45) is 0 Å². The monoisotopic (exact) mass is 575 g/mol. The van der Waals surface area contributed by atoms with Gasteiger partial charge in [-0.1, -0.05) is 23.7 Å². The number of hydrogen-bond acceptors (Lipinski definition) is 7. The summed E-state index contributed by atoms with van der Waals surface area (Å²) < 4.78 is 11.9. The van der Waals surface area contributed by atoms with Gasteiger partial charge in [0.15, 0.2) is 11.5 Å². The van der Waals surface area contributed by atoms with E-state index >= 15 is 0 Å². The summed E-state index contributed by atoms with van der Waals surface area (Å²) in [6, 6.07) is 13.3. The number of benzene rings is 3. The number of nitro groups is 1. The summed E-state index contributed by atoms with van der Waals surface area (Å²) in [6.07, 6.45) is 3.42. The predicted molar refractivity (Wildman–Crippen MR) is 154 cm³/mol. The van der Waals surface area contributed by atoms with Gasteiger partial charge in [-0.2, -0.15) is 0 Å². The number of carbonyl (C=O) groups is 3. The standard InChI is InChI=1S/C30H26ClN3O7/c1-4-6-21-13-20(15-26(40-5-2)27(21)41-17-19-8-11-23(12-9-19)34(38)39)14-24-28(35)32-30(37)33(29(24)36)25-16-22(31)10-7-18(25)3/h4,7-16H,1,5-6,17H2,2-3H3,(H,32,35,37)/b24-14+. The largest absolute Gasteiger partial charge is 0.490 e. The topological polar surface area (TPSA) is 128 Å². The average molecular weight is 576 g/mol. The first kappa shape index (κ1) is 29.0. The second-order valence-electron chi connectivity index (χ2n) is 9.03. The molecule has 1 aliphatic rings. The van der Waals surface area contributed by atoms with Crippen LogP contribution < -0.4 is 19.7 Å². The smallest absolute Gasteiger partial charge is 0.335 e. The Balaban J connectivity index is 1.71. The van der Waals surface area contributed by atoms with Crippen LogP contribution in [0.1, 0.15) is 29.2 Å². The number of allylic oxidation sites excluding steroid dienone is 1. The summed E-state index contributed by atoms with van der Waals surface area (Å²) >= 11 is 6.11. The number of carbonyl (C=O) groups excluding carboxylic acids is 3. The van der Waals surface area contributed by atoms with Crippen molar-refractivity contribution in [3.63, 3.8) is 0 Å². The number of nitro benzene ring substituents is 1. The Bertz CT molecular complexity index is 1580. The van der Waals surface area contributed by atoms with Crippen molar-refractivity contribution in [2.45, 2.75) is 26.9 Å². The third-order valence-electron chi connectivity index (χ3n) is 6.17. The van der Waals surface area contributed by atoms with Crippen LogP contribution in [0.5, 0.6) is 11.5 Å². The Morgan fingerprint density at radius 2 is 1.80 bits per heavy atom. The molecule has 1 saturated heterocycles. The van der Waals surface area contributed by atoms with E-state index in [0.29, 0.717) is 51.8 Å². The zero-order chi connectivity index (χ0) is 29.7. The molecule has 210 valence electrons. The molecule has 1 fully saturated rings. The molecule has 4 rings (SSSR count). The quantitative estimate of drug-likeness (QED) is 0.104. The van der Waals surface area contributed by atoms with Crippen LogP contribution in [0.3, 0.4) is 0 Å². The van der Waals surface area contributed by atoms with Gasteiger partial charge in [0.25, 0.3) is 17.5 Å². The molecule has 4 amide bonds. The lowest BCUT2D eigenvalue weighted by atomic mass is 10.0. The van der Waals surface area contributed by atoms with Crippen molar-refractivity contribution in [3.05, 3.63) is 110 Å². The number of ether oxygens (including phenoxy) is 2. The molecule has 0 unspecified atom stereocenters. The van der Waals surface area contributed by atoms with Crippen LogP contribution in [0.25, 0.3) is 6.08 Å². The van der Waals surface area contributed by atoms with E-state index in [1.807, 2.05) is 0 Å². The van der Waals surface area contributed by atoms with Crippen LogP contribution in [0.4, 0.5) is 16.2 Å². The predicted octanol–water partition coefficient (Wildman–Crippen LogP) is 5.93. The number of urea groups is 1. The first-order valence-electron chi connectivity index (χ1n) is 12.6. The zero-order valence-electron chi connectivity index (χ0n) is 22.3. The van der Waals surface area contributed by atoms with Crippen LogP contribution in [-0.2, 0) is 22.6 Å². The highest BCUT2D eigenvalue weighted by Crippen LogP contribution is 2.36. The minimum absolute atomic E-state index is 0.0272. The van der Waals surface area contributed by atoms with Gasteiger partial charge in [0.2, 0.25) is 0 Å². The van der Waals surface area contributed by atoms with E-state index in [9.17, 15) is 24.5 Å². The fourth-order valence-corrected chi connectivity index (χ4v) is 4.40. The molecule has 1 heterocycles. The second-order valence-corrected chi connectivity index (χ2v) is 9.47. The Labute approximate surface area is 241 Å². The van der Waals surface area contributed by atoms with Gasteiger partial charge in [0.05, 0.1) is 17.2 Å². The highest BCUT2D eigenvalue weighted by atomic mass is 35.5. The first-order chi connectivity index (χ1) is 19.6. The number of rotatable bonds is 10. The SMILES string of the molecule is C=CCc1cc(/C=C2\C(=O)NC(=O)N(c3cc(Cl)ccc3C)C2=O)cc(OCC)c1OCc1ccc([N+](=O)[O-])cc1. The molecule has 0 aromatic heterocycles. The van der Waals surface area contributed by atoms with Gasteiger partial charge in [-0.15, -0.1) is 6.58 Å². The van der Waals surface area contributed by atoms with E-state index in [2.05, 4.69) is 11.9 Å². The fourth-order valence-electron chi connectivity index (χ4n) is 4.24. The minimum atomic E-state index is -0.875. The molecule has 0 saturated carbocycles. The molecule has 0 atom stereocenters. The fraction of sp³-hybridized carbons (Fsp3) is 0.167. The number of aryl methyl sites for hydroxylation is 1. The summed E-state index contributed by atoms with van der Waals surface area (Å²) in [5, 5.41) is 13.5. The molecule has 3 aromatic carbocycles. The lowest BCUT2D eigenvalue weighted by Crippen LogP contribution is -2.54.